The van der Waals surface area contributed by atoms with Gasteiger partial charge in [-0.15, -0.1) is 0 Å². The first kappa shape index (κ1) is 28.6. The first-order valence-electron chi connectivity index (χ1n) is 13.1. The molecule has 0 saturated carbocycles. The molecule has 0 saturated heterocycles. The Labute approximate surface area is 243 Å². The van der Waals surface area contributed by atoms with Crippen molar-refractivity contribution >= 4 is 29.1 Å². The summed E-state index contributed by atoms with van der Waals surface area (Å²) in [4.78, 5) is 42.2. The summed E-state index contributed by atoms with van der Waals surface area (Å²) in [6.45, 7) is 6.39. The Morgan fingerprint density at radius 1 is 1.12 bits per heavy atom. The Kier molecular flexibility index (Phi) is 8.07. The predicted octanol–water partition coefficient (Wildman–Crippen LogP) is 4.29. The summed E-state index contributed by atoms with van der Waals surface area (Å²) in [7, 11) is 1.27. The minimum absolute atomic E-state index is 0.0509. The standard InChI is InChI=1S/C30H27N3O8S/c1-5-39-24-11-8-18(13-25(24)40-6-2)27-22(29(35)38-4)16-31-30-32(27)28(34)26(42-30)15-20-10-12-23(41-20)21-14-19(33(36)37)9-7-17(21)3/h7-16,27H,5-6H2,1-4H3/b26-15-/t27-/m0/s1. The number of methoxy groups -OCH3 is 1. The zero-order chi connectivity index (χ0) is 30.0. The molecule has 2 aromatic carbocycles. The van der Waals surface area contributed by atoms with E-state index in [2.05, 4.69) is 4.99 Å². The lowest BCUT2D eigenvalue weighted by Crippen LogP contribution is -2.39. The molecule has 11 nitrogen and oxygen atoms in total. The molecule has 216 valence electrons. The molecule has 0 bridgehead atoms. The van der Waals surface area contributed by atoms with Crippen molar-refractivity contribution in [3.63, 3.8) is 0 Å². The number of nitrogens with zero attached hydrogens (tertiary/aromatic N) is 3. The first-order chi connectivity index (χ1) is 20.2. The molecule has 0 aliphatic carbocycles. The molecule has 0 fully saturated rings. The van der Waals surface area contributed by atoms with Gasteiger partial charge in [0.1, 0.15) is 11.5 Å². The third-order valence-electron chi connectivity index (χ3n) is 6.61. The molecule has 5 rings (SSSR count). The maximum atomic E-state index is 13.8. The van der Waals surface area contributed by atoms with Crippen LogP contribution in [0.3, 0.4) is 0 Å². The van der Waals surface area contributed by atoms with Crippen LogP contribution in [0.1, 0.15) is 36.8 Å². The fourth-order valence-electron chi connectivity index (χ4n) is 4.68. The summed E-state index contributed by atoms with van der Waals surface area (Å²) >= 11 is 1.14. The lowest BCUT2D eigenvalue weighted by atomic mass is 9.97. The van der Waals surface area contributed by atoms with E-state index in [0.717, 1.165) is 16.9 Å². The number of aromatic nitrogens is 1. The molecular formula is C30H27N3O8S. The molecule has 4 aromatic rings. The van der Waals surface area contributed by atoms with E-state index in [-0.39, 0.29) is 16.8 Å². The largest absolute Gasteiger partial charge is 0.490 e. The van der Waals surface area contributed by atoms with Gasteiger partial charge < -0.3 is 18.6 Å². The Bertz CT molecular complexity index is 1900. The van der Waals surface area contributed by atoms with Crippen molar-refractivity contribution in [3.8, 4) is 22.8 Å². The van der Waals surface area contributed by atoms with Gasteiger partial charge in [-0.25, -0.2) is 9.79 Å². The Morgan fingerprint density at radius 3 is 2.60 bits per heavy atom. The van der Waals surface area contributed by atoms with Gasteiger partial charge in [0.05, 0.1) is 41.4 Å². The number of hydrogen-bond acceptors (Lipinski definition) is 10. The fourth-order valence-corrected chi connectivity index (χ4v) is 5.63. The van der Waals surface area contributed by atoms with Gasteiger partial charge in [0.25, 0.3) is 11.2 Å². The summed E-state index contributed by atoms with van der Waals surface area (Å²) in [5.74, 6) is 1.22. The van der Waals surface area contributed by atoms with Crippen LogP contribution in [0.25, 0.3) is 17.4 Å². The quantitative estimate of drug-likeness (QED) is 0.160. The van der Waals surface area contributed by atoms with E-state index in [1.165, 1.54) is 30.0 Å². The average molecular weight is 590 g/mol. The van der Waals surface area contributed by atoms with Gasteiger partial charge >= 0.3 is 5.97 Å². The number of carbonyl (C=O) groups excluding carboxylic acids is 1. The second kappa shape index (κ2) is 11.9. The number of nitro benzene ring substituents is 1. The van der Waals surface area contributed by atoms with Crippen LogP contribution in [0.4, 0.5) is 5.69 Å². The second-order valence-electron chi connectivity index (χ2n) is 9.21. The van der Waals surface area contributed by atoms with Gasteiger partial charge in [0.2, 0.25) is 0 Å². The van der Waals surface area contributed by atoms with Crippen molar-refractivity contribution in [1.29, 1.82) is 0 Å². The Hall–Kier alpha value is -4.97. The number of aryl methyl sites for hydroxylation is 1. The van der Waals surface area contributed by atoms with Gasteiger partial charge in [-0.3, -0.25) is 19.5 Å². The number of fused-ring (bicyclic) bond motifs is 1. The number of carbonyl (C=O) groups is 1. The molecule has 2 aromatic heterocycles. The molecule has 0 amide bonds. The van der Waals surface area contributed by atoms with Gasteiger partial charge in [-0.2, -0.15) is 0 Å². The van der Waals surface area contributed by atoms with Crippen molar-refractivity contribution in [2.75, 3.05) is 20.3 Å². The lowest BCUT2D eigenvalue weighted by Gasteiger charge is -2.23. The van der Waals surface area contributed by atoms with E-state index in [4.69, 9.17) is 18.6 Å². The summed E-state index contributed by atoms with van der Waals surface area (Å²) in [5.41, 5.74) is 1.75. The van der Waals surface area contributed by atoms with Crippen molar-refractivity contribution in [2.45, 2.75) is 26.8 Å². The monoisotopic (exact) mass is 589 g/mol. The molecule has 0 unspecified atom stereocenters. The minimum Gasteiger partial charge on any atom is -0.490 e. The summed E-state index contributed by atoms with van der Waals surface area (Å²) in [6.07, 6.45) is 3.00. The highest BCUT2D eigenvalue weighted by atomic mass is 32.1. The molecule has 0 spiro atoms. The van der Waals surface area contributed by atoms with Crippen LogP contribution < -0.4 is 24.4 Å². The van der Waals surface area contributed by atoms with E-state index in [1.54, 1.807) is 42.5 Å². The lowest BCUT2D eigenvalue weighted by molar-refractivity contribution is -0.384. The van der Waals surface area contributed by atoms with E-state index in [1.807, 2.05) is 20.8 Å². The van der Waals surface area contributed by atoms with Crippen molar-refractivity contribution < 1.29 is 28.3 Å². The van der Waals surface area contributed by atoms with E-state index >= 15 is 0 Å². The van der Waals surface area contributed by atoms with Crippen LogP contribution in [0, 0.1) is 17.0 Å². The van der Waals surface area contributed by atoms with Crippen molar-refractivity contribution in [2.24, 2.45) is 4.99 Å². The van der Waals surface area contributed by atoms with Crippen LogP contribution in [0.5, 0.6) is 11.5 Å². The van der Waals surface area contributed by atoms with E-state index < -0.39 is 16.9 Å². The molecule has 1 aliphatic rings. The second-order valence-corrected chi connectivity index (χ2v) is 10.2. The molecule has 1 aliphatic heterocycles. The van der Waals surface area contributed by atoms with Gasteiger partial charge in [0, 0.05) is 30.0 Å². The number of ether oxygens (including phenoxy) is 3. The fraction of sp³-hybridized carbons (Fsp3) is 0.233. The number of furan rings is 1. The normalized spacial score (nSPS) is 14.5. The molecule has 0 radical (unpaired) electrons. The Balaban J connectivity index is 1.61. The smallest absolute Gasteiger partial charge is 0.337 e. The predicted molar refractivity (Wildman–Crippen MR) is 155 cm³/mol. The van der Waals surface area contributed by atoms with Crippen LogP contribution in [-0.2, 0) is 9.53 Å². The third-order valence-corrected chi connectivity index (χ3v) is 7.60. The third kappa shape index (κ3) is 5.36. The molecule has 3 heterocycles. The number of esters is 1. The molecule has 42 heavy (non-hydrogen) atoms. The summed E-state index contributed by atoms with van der Waals surface area (Å²) < 4.78 is 24.2. The van der Waals surface area contributed by atoms with Gasteiger partial charge in [-0.05, 0) is 56.2 Å². The maximum Gasteiger partial charge on any atom is 0.337 e. The van der Waals surface area contributed by atoms with Crippen molar-refractivity contribution in [1.82, 2.24) is 4.57 Å². The number of rotatable bonds is 9. The highest BCUT2D eigenvalue weighted by Crippen LogP contribution is 2.35. The van der Waals surface area contributed by atoms with Gasteiger partial charge in [0.15, 0.2) is 16.3 Å². The van der Waals surface area contributed by atoms with E-state index in [0.29, 0.717) is 56.7 Å². The topological polar surface area (TPSA) is 135 Å². The number of hydrogen-bond donors (Lipinski definition) is 0. The first-order valence-corrected chi connectivity index (χ1v) is 13.9. The van der Waals surface area contributed by atoms with E-state index in [9.17, 15) is 19.7 Å². The number of thiazole rings is 1. The molecule has 12 heteroatoms. The average Bonchev–Trinajstić information content (AvgIpc) is 3.57. The van der Waals surface area contributed by atoms with Crippen LogP contribution in [0.15, 0.2) is 74.5 Å². The van der Waals surface area contributed by atoms with Gasteiger partial charge in [-0.1, -0.05) is 23.5 Å². The van der Waals surface area contributed by atoms with Crippen LogP contribution >= 0.6 is 11.3 Å². The van der Waals surface area contributed by atoms with Crippen LogP contribution in [-0.4, -0.2) is 35.8 Å². The summed E-state index contributed by atoms with van der Waals surface area (Å²) in [5, 5.41) is 11.3. The zero-order valence-electron chi connectivity index (χ0n) is 23.3. The highest BCUT2D eigenvalue weighted by molar-refractivity contribution is 7.07. The SMILES string of the molecule is CCOc1ccc([C@H]2C(C(=O)OC)=CN=c3s/c(=C\c4ccc(-c5cc([N+](=O)[O-])ccc5C)o4)c(=O)n32)cc1OCC. The minimum atomic E-state index is -0.828. The number of non-ortho nitro benzene ring substituents is 1. The summed E-state index contributed by atoms with van der Waals surface area (Å²) in [6, 6.07) is 12.4. The number of nitro groups is 1. The molecular weight excluding hydrogens is 562 g/mol. The Morgan fingerprint density at radius 2 is 1.88 bits per heavy atom. The zero-order valence-corrected chi connectivity index (χ0v) is 24.1. The number of benzene rings is 2. The maximum absolute atomic E-state index is 13.8. The molecule has 0 N–H and O–H groups in total. The molecule has 1 atom stereocenters. The van der Waals surface area contributed by atoms with Crippen molar-refractivity contribution in [3.05, 3.63) is 107 Å². The highest BCUT2D eigenvalue weighted by Gasteiger charge is 2.31. The van der Waals surface area contributed by atoms with Crippen LogP contribution in [0.2, 0.25) is 0 Å².